The maximum atomic E-state index is 6.48. The fraction of sp³-hybridized carbons (Fsp3) is 0.538. The smallest absolute Gasteiger partial charge is 0.0379 e. The van der Waals surface area contributed by atoms with Gasteiger partial charge in [0.05, 0.1) is 0 Å². The molecule has 0 amide bonds. The van der Waals surface area contributed by atoms with Crippen LogP contribution in [-0.2, 0) is 31.1 Å². The van der Waals surface area contributed by atoms with E-state index >= 15 is 0 Å². The Hall–Kier alpha value is -1.96. The van der Waals surface area contributed by atoms with E-state index < -0.39 is 0 Å². The third kappa shape index (κ3) is 3.54. The summed E-state index contributed by atoms with van der Waals surface area (Å²) in [6.45, 7) is 8.87. The van der Waals surface area contributed by atoms with Crippen LogP contribution in [0.4, 0.5) is 11.4 Å². The Morgan fingerprint density at radius 2 is 0.929 bits per heavy atom. The number of nitrogens with two attached hydrogens (primary N) is 2. The molecule has 1 saturated carbocycles. The van der Waals surface area contributed by atoms with Gasteiger partial charge < -0.3 is 11.5 Å². The second-order valence-electron chi connectivity index (χ2n) is 8.47. The number of nitrogen functional groups attached to an aromatic ring is 2. The lowest BCUT2D eigenvalue weighted by Crippen LogP contribution is -2.31. The van der Waals surface area contributed by atoms with Gasteiger partial charge >= 0.3 is 0 Å². The molecule has 3 rings (SSSR count). The summed E-state index contributed by atoms with van der Waals surface area (Å²) >= 11 is 0. The maximum absolute atomic E-state index is 6.48. The molecule has 0 heterocycles. The number of anilines is 2. The second-order valence-corrected chi connectivity index (χ2v) is 8.47. The van der Waals surface area contributed by atoms with E-state index in [0.29, 0.717) is 0 Å². The average molecular weight is 379 g/mol. The zero-order chi connectivity index (χ0) is 20.3. The summed E-state index contributed by atoms with van der Waals surface area (Å²) < 4.78 is 0. The van der Waals surface area contributed by atoms with E-state index in [-0.39, 0.29) is 5.41 Å². The van der Waals surface area contributed by atoms with Crippen molar-refractivity contribution < 1.29 is 0 Å². The Labute approximate surface area is 171 Å². The maximum Gasteiger partial charge on any atom is 0.0379 e. The SMILES string of the molecule is CCc1cc(C2(c3cc(CC)c(N)c(CC)c3)CCCCC2)cc(CC)c1N. The van der Waals surface area contributed by atoms with Crippen LogP contribution in [0.3, 0.4) is 0 Å². The van der Waals surface area contributed by atoms with Crippen LogP contribution in [0.2, 0.25) is 0 Å². The lowest BCUT2D eigenvalue weighted by Gasteiger charge is -2.40. The van der Waals surface area contributed by atoms with Crippen molar-refractivity contribution in [2.45, 2.75) is 90.9 Å². The van der Waals surface area contributed by atoms with Gasteiger partial charge in [-0.3, -0.25) is 0 Å². The Balaban J connectivity index is 2.26. The number of hydrogen-bond donors (Lipinski definition) is 2. The van der Waals surface area contributed by atoms with Gasteiger partial charge in [0, 0.05) is 16.8 Å². The molecule has 2 aromatic carbocycles. The van der Waals surface area contributed by atoms with Gasteiger partial charge in [-0.05, 0) is 71.9 Å². The van der Waals surface area contributed by atoms with Gasteiger partial charge in [-0.1, -0.05) is 71.2 Å². The first-order valence-corrected chi connectivity index (χ1v) is 11.3. The summed E-state index contributed by atoms with van der Waals surface area (Å²) in [7, 11) is 0. The third-order valence-electron chi connectivity index (χ3n) is 7.04. The molecule has 152 valence electrons. The summed E-state index contributed by atoms with van der Waals surface area (Å²) in [5, 5.41) is 0. The molecule has 2 heteroatoms. The normalized spacial score (nSPS) is 16.3. The van der Waals surface area contributed by atoms with Crippen molar-refractivity contribution in [3.63, 3.8) is 0 Å². The van der Waals surface area contributed by atoms with Crippen LogP contribution in [-0.4, -0.2) is 0 Å². The average Bonchev–Trinajstić information content (AvgIpc) is 2.74. The van der Waals surface area contributed by atoms with E-state index in [0.717, 1.165) is 37.1 Å². The van der Waals surface area contributed by atoms with Crippen LogP contribution < -0.4 is 11.5 Å². The van der Waals surface area contributed by atoms with Crippen molar-refractivity contribution in [3.8, 4) is 0 Å². The molecule has 2 nitrogen and oxygen atoms in total. The van der Waals surface area contributed by atoms with Gasteiger partial charge in [0.1, 0.15) is 0 Å². The zero-order valence-electron chi connectivity index (χ0n) is 18.3. The first kappa shape index (κ1) is 20.8. The summed E-state index contributed by atoms with van der Waals surface area (Å²) in [5.41, 5.74) is 23.2. The summed E-state index contributed by atoms with van der Waals surface area (Å²) in [5.74, 6) is 0. The van der Waals surface area contributed by atoms with Crippen LogP contribution in [0.1, 0.15) is 93.2 Å². The van der Waals surface area contributed by atoms with E-state index in [1.807, 2.05) is 0 Å². The highest BCUT2D eigenvalue weighted by molar-refractivity contribution is 5.61. The molecule has 0 atom stereocenters. The number of rotatable bonds is 6. The minimum absolute atomic E-state index is 0.0985. The van der Waals surface area contributed by atoms with E-state index in [4.69, 9.17) is 11.5 Å². The first-order valence-electron chi connectivity index (χ1n) is 11.3. The van der Waals surface area contributed by atoms with E-state index in [1.54, 1.807) is 0 Å². The van der Waals surface area contributed by atoms with Crippen LogP contribution in [0.15, 0.2) is 24.3 Å². The lowest BCUT2D eigenvalue weighted by molar-refractivity contribution is 0.345. The molecule has 0 spiro atoms. The Morgan fingerprint density at radius 3 is 1.21 bits per heavy atom. The molecule has 0 unspecified atom stereocenters. The predicted octanol–water partition coefficient (Wildman–Crippen LogP) is 6.35. The highest BCUT2D eigenvalue weighted by atomic mass is 14.6. The van der Waals surface area contributed by atoms with Crippen molar-refractivity contribution in [2.75, 3.05) is 11.5 Å². The molecule has 1 aliphatic carbocycles. The van der Waals surface area contributed by atoms with Gasteiger partial charge in [-0.15, -0.1) is 0 Å². The highest BCUT2D eigenvalue weighted by Crippen LogP contribution is 2.47. The largest absolute Gasteiger partial charge is 0.398 e. The molecule has 4 N–H and O–H groups in total. The molecule has 0 bridgehead atoms. The molecule has 0 aromatic heterocycles. The Bertz CT molecular complexity index is 715. The molecule has 1 fully saturated rings. The standard InChI is InChI=1S/C26H38N2/c1-5-18-14-22(15-19(6-2)24(18)27)26(12-10-9-11-13-26)23-16-20(7-3)25(28)21(8-4)17-23/h14-17H,5-13,27-28H2,1-4H3. The van der Waals surface area contributed by atoms with Gasteiger partial charge in [0.2, 0.25) is 0 Å². The highest BCUT2D eigenvalue weighted by Gasteiger charge is 2.37. The van der Waals surface area contributed by atoms with Crippen molar-refractivity contribution in [1.82, 2.24) is 0 Å². The molecule has 0 radical (unpaired) electrons. The molecule has 0 aliphatic heterocycles. The quantitative estimate of drug-likeness (QED) is 0.575. The zero-order valence-corrected chi connectivity index (χ0v) is 18.3. The minimum atomic E-state index is 0.0985. The van der Waals surface area contributed by atoms with Gasteiger partial charge in [0.15, 0.2) is 0 Å². The van der Waals surface area contributed by atoms with E-state index in [2.05, 4.69) is 52.0 Å². The minimum Gasteiger partial charge on any atom is -0.398 e. The third-order valence-corrected chi connectivity index (χ3v) is 7.04. The number of hydrogen-bond acceptors (Lipinski definition) is 2. The lowest BCUT2D eigenvalue weighted by atomic mass is 9.64. The fourth-order valence-corrected chi connectivity index (χ4v) is 5.18. The number of benzene rings is 2. The summed E-state index contributed by atoms with van der Waals surface area (Å²) in [4.78, 5) is 0. The van der Waals surface area contributed by atoms with Gasteiger partial charge in [0.25, 0.3) is 0 Å². The Morgan fingerprint density at radius 1 is 0.607 bits per heavy atom. The van der Waals surface area contributed by atoms with Gasteiger partial charge in [-0.2, -0.15) is 0 Å². The summed E-state index contributed by atoms with van der Waals surface area (Å²) in [6, 6.07) is 9.64. The predicted molar refractivity (Wildman–Crippen MR) is 123 cm³/mol. The van der Waals surface area contributed by atoms with Crippen molar-refractivity contribution in [1.29, 1.82) is 0 Å². The van der Waals surface area contributed by atoms with Crippen LogP contribution >= 0.6 is 0 Å². The molecule has 28 heavy (non-hydrogen) atoms. The molecular formula is C26H38N2. The van der Waals surface area contributed by atoms with Crippen LogP contribution in [0, 0.1) is 0 Å². The number of aryl methyl sites for hydroxylation is 4. The first-order chi connectivity index (χ1) is 13.5. The van der Waals surface area contributed by atoms with Crippen molar-refractivity contribution in [3.05, 3.63) is 57.6 Å². The molecular weight excluding hydrogens is 340 g/mol. The van der Waals surface area contributed by atoms with Crippen molar-refractivity contribution >= 4 is 11.4 Å². The van der Waals surface area contributed by atoms with E-state index in [1.165, 1.54) is 65.5 Å². The van der Waals surface area contributed by atoms with E-state index in [9.17, 15) is 0 Å². The second kappa shape index (κ2) is 8.59. The monoisotopic (exact) mass is 378 g/mol. The summed E-state index contributed by atoms with van der Waals surface area (Å²) in [6.07, 6.45) is 10.3. The van der Waals surface area contributed by atoms with Crippen LogP contribution in [0.5, 0.6) is 0 Å². The molecule has 0 saturated heterocycles. The fourth-order valence-electron chi connectivity index (χ4n) is 5.18. The molecule has 1 aliphatic rings. The van der Waals surface area contributed by atoms with Crippen molar-refractivity contribution in [2.24, 2.45) is 0 Å². The molecule has 2 aromatic rings. The van der Waals surface area contributed by atoms with Crippen LogP contribution in [0.25, 0.3) is 0 Å². The Kier molecular flexibility index (Phi) is 6.37. The topological polar surface area (TPSA) is 52.0 Å². The van der Waals surface area contributed by atoms with Gasteiger partial charge in [-0.25, -0.2) is 0 Å².